The van der Waals surface area contributed by atoms with Crippen molar-refractivity contribution in [3.63, 3.8) is 0 Å². The smallest absolute Gasteiger partial charge is 0.266 e. The molecule has 0 spiro atoms. The van der Waals surface area contributed by atoms with Crippen LogP contribution in [0, 0.1) is 5.82 Å². The Hall–Kier alpha value is -2.95. The fourth-order valence-electron chi connectivity index (χ4n) is 4.64. The van der Waals surface area contributed by atoms with Crippen molar-refractivity contribution in [2.75, 3.05) is 19.4 Å². The highest BCUT2D eigenvalue weighted by Crippen LogP contribution is 2.48. The van der Waals surface area contributed by atoms with Gasteiger partial charge in [-0.2, -0.15) is 0 Å². The van der Waals surface area contributed by atoms with E-state index in [-0.39, 0.29) is 35.7 Å². The van der Waals surface area contributed by atoms with Crippen molar-refractivity contribution in [1.82, 2.24) is 14.8 Å². The molecule has 2 aromatic rings. The van der Waals surface area contributed by atoms with E-state index in [1.807, 2.05) is 14.1 Å². The van der Waals surface area contributed by atoms with E-state index < -0.39 is 47.3 Å². The highest BCUT2D eigenvalue weighted by Gasteiger charge is 2.53. The third-order valence-electron chi connectivity index (χ3n) is 7.26. The molecule has 1 aromatic heterocycles. The van der Waals surface area contributed by atoms with Crippen molar-refractivity contribution in [3.05, 3.63) is 63.3 Å². The van der Waals surface area contributed by atoms with E-state index in [0.29, 0.717) is 6.04 Å². The number of benzene rings is 1. The lowest BCUT2D eigenvalue weighted by Crippen LogP contribution is -2.47. The summed E-state index contributed by atoms with van der Waals surface area (Å²) in [5, 5.41) is 5.74. The van der Waals surface area contributed by atoms with Crippen LogP contribution in [0.1, 0.15) is 66.6 Å². The van der Waals surface area contributed by atoms with E-state index in [4.69, 9.17) is 0 Å². The Balaban J connectivity index is 1.64. The van der Waals surface area contributed by atoms with Crippen molar-refractivity contribution >= 4 is 11.6 Å². The molecule has 36 heavy (non-hydrogen) atoms. The largest absolute Gasteiger partial charge is 0.381 e. The first-order chi connectivity index (χ1) is 16.9. The molecule has 1 heterocycles. The normalized spacial score (nSPS) is 21.4. The van der Waals surface area contributed by atoms with Crippen LogP contribution in [-0.4, -0.2) is 48.0 Å². The molecular weight excluding hydrogens is 483 g/mol. The molecule has 0 saturated heterocycles. The van der Waals surface area contributed by atoms with Gasteiger partial charge in [0, 0.05) is 29.9 Å². The molecule has 2 saturated carbocycles. The first-order valence-corrected chi connectivity index (χ1v) is 11.8. The third-order valence-corrected chi connectivity index (χ3v) is 7.26. The van der Waals surface area contributed by atoms with Crippen LogP contribution in [0.4, 0.5) is 27.6 Å². The predicted molar refractivity (Wildman–Crippen MR) is 125 cm³/mol. The lowest BCUT2D eigenvalue weighted by molar-refractivity contribution is 0.0648. The number of amides is 1. The minimum atomic E-state index is -3.02. The van der Waals surface area contributed by atoms with Gasteiger partial charge in [0.15, 0.2) is 0 Å². The van der Waals surface area contributed by atoms with Gasteiger partial charge >= 0.3 is 0 Å². The van der Waals surface area contributed by atoms with Gasteiger partial charge in [0.25, 0.3) is 24.3 Å². The zero-order valence-corrected chi connectivity index (χ0v) is 20.2. The number of carbonyl (C=O) groups excluding carboxylic acids is 1. The van der Waals surface area contributed by atoms with Crippen LogP contribution < -0.4 is 16.2 Å². The summed E-state index contributed by atoms with van der Waals surface area (Å²) in [6.07, 6.45) is -2.95. The molecule has 0 radical (unpaired) electrons. The van der Waals surface area contributed by atoms with Gasteiger partial charge < -0.3 is 20.1 Å². The van der Waals surface area contributed by atoms with Crippen LogP contribution in [0.5, 0.6) is 0 Å². The van der Waals surface area contributed by atoms with Crippen molar-refractivity contribution in [3.8, 4) is 0 Å². The standard InChI is InChI=1S/C25H29F5N4O2/c1-13(16-5-4-6-17(21(16)26)22(27)28)31-23(36)18-12-34(25(7-8-25)24(29)30)20(35)11-19(18)32-14-9-15(10-14)33(2)3/h4-6,11-15,22,24,32H,7-10H2,1-3H3,(H,31,36)/t13-,14-,15+/m1/s1. The zero-order valence-electron chi connectivity index (χ0n) is 20.2. The second-order valence-electron chi connectivity index (χ2n) is 9.89. The van der Waals surface area contributed by atoms with Gasteiger partial charge in [-0.3, -0.25) is 9.59 Å². The number of aromatic nitrogens is 1. The average Bonchev–Trinajstić information content (AvgIpc) is 3.57. The molecule has 2 N–H and O–H groups in total. The molecule has 11 heteroatoms. The molecule has 1 aromatic carbocycles. The van der Waals surface area contributed by atoms with Gasteiger partial charge in [0.2, 0.25) is 0 Å². The topological polar surface area (TPSA) is 66.4 Å². The first-order valence-electron chi connectivity index (χ1n) is 11.8. The number of carbonyl (C=O) groups is 1. The molecule has 1 atom stereocenters. The maximum absolute atomic E-state index is 14.6. The summed E-state index contributed by atoms with van der Waals surface area (Å²) in [4.78, 5) is 28.1. The van der Waals surface area contributed by atoms with E-state index >= 15 is 0 Å². The minimum absolute atomic E-state index is 0.0261. The lowest BCUT2D eigenvalue weighted by atomic mass is 9.85. The maximum atomic E-state index is 14.6. The predicted octanol–water partition coefficient (Wildman–Crippen LogP) is 4.67. The molecule has 0 bridgehead atoms. The fourth-order valence-corrected chi connectivity index (χ4v) is 4.64. The number of nitrogens with one attached hydrogen (secondary N) is 2. The highest BCUT2D eigenvalue weighted by atomic mass is 19.3. The number of alkyl halides is 4. The molecule has 4 rings (SSSR count). The highest BCUT2D eigenvalue weighted by molar-refractivity contribution is 5.99. The number of hydrogen-bond acceptors (Lipinski definition) is 4. The first kappa shape index (κ1) is 26.1. The van der Waals surface area contributed by atoms with E-state index in [1.54, 1.807) is 0 Å². The average molecular weight is 513 g/mol. The molecular formula is C25H29F5N4O2. The van der Waals surface area contributed by atoms with Crippen molar-refractivity contribution in [2.24, 2.45) is 0 Å². The van der Waals surface area contributed by atoms with Gasteiger partial charge in [-0.25, -0.2) is 22.0 Å². The molecule has 2 aliphatic rings. The Bertz CT molecular complexity index is 1190. The van der Waals surface area contributed by atoms with Gasteiger partial charge in [0.1, 0.15) is 11.4 Å². The fraction of sp³-hybridized carbons (Fsp3) is 0.520. The SMILES string of the molecule is C[C@@H](NC(=O)c1cn(C2(C(F)F)CC2)c(=O)cc1N[C@H]1C[C@@H](N(C)C)C1)c1cccc(C(F)F)c1F. The Morgan fingerprint density at radius 3 is 2.33 bits per heavy atom. The zero-order chi connectivity index (χ0) is 26.4. The van der Waals surface area contributed by atoms with Gasteiger partial charge in [-0.1, -0.05) is 18.2 Å². The third kappa shape index (κ3) is 4.85. The minimum Gasteiger partial charge on any atom is -0.381 e. The van der Waals surface area contributed by atoms with Crippen molar-refractivity contribution in [1.29, 1.82) is 0 Å². The summed E-state index contributed by atoms with van der Waals surface area (Å²) >= 11 is 0. The molecule has 196 valence electrons. The second kappa shape index (κ2) is 9.84. The number of hydrogen-bond donors (Lipinski definition) is 2. The van der Waals surface area contributed by atoms with Gasteiger partial charge in [0.05, 0.1) is 22.9 Å². The van der Waals surface area contributed by atoms with E-state index in [2.05, 4.69) is 15.5 Å². The van der Waals surface area contributed by atoms with Crippen LogP contribution in [0.25, 0.3) is 0 Å². The quantitative estimate of drug-likeness (QED) is 0.479. The number of nitrogens with zero attached hydrogens (tertiary/aromatic N) is 2. The summed E-state index contributed by atoms with van der Waals surface area (Å²) in [5.74, 6) is -1.86. The summed E-state index contributed by atoms with van der Waals surface area (Å²) in [7, 11) is 3.90. The number of anilines is 1. The summed E-state index contributed by atoms with van der Waals surface area (Å²) < 4.78 is 69.3. The van der Waals surface area contributed by atoms with E-state index in [1.165, 1.54) is 19.1 Å². The van der Waals surface area contributed by atoms with Crippen LogP contribution in [-0.2, 0) is 5.54 Å². The molecule has 0 unspecified atom stereocenters. The monoisotopic (exact) mass is 512 g/mol. The van der Waals surface area contributed by atoms with Gasteiger partial charge in [-0.15, -0.1) is 0 Å². The number of halogens is 5. The van der Waals surface area contributed by atoms with Crippen molar-refractivity contribution < 1.29 is 26.7 Å². The van der Waals surface area contributed by atoms with Crippen LogP contribution >= 0.6 is 0 Å². The number of pyridine rings is 1. The van der Waals surface area contributed by atoms with Crippen LogP contribution in [0.15, 0.2) is 35.3 Å². The van der Waals surface area contributed by atoms with Crippen LogP contribution in [0.3, 0.4) is 0 Å². The number of rotatable bonds is 9. The van der Waals surface area contributed by atoms with Gasteiger partial charge in [-0.05, 0) is 46.7 Å². The Kier molecular flexibility index (Phi) is 7.14. The van der Waals surface area contributed by atoms with Crippen LogP contribution in [0.2, 0.25) is 0 Å². The Morgan fingerprint density at radius 1 is 1.14 bits per heavy atom. The molecule has 1 amide bonds. The summed E-state index contributed by atoms with van der Waals surface area (Å²) in [6.45, 7) is 1.43. The lowest BCUT2D eigenvalue weighted by Gasteiger charge is -2.40. The Labute approximate surface area is 205 Å². The molecule has 2 aliphatic carbocycles. The van der Waals surface area contributed by atoms with E-state index in [9.17, 15) is 31.5 Å². The maximum Gasteiger partial charge on any atom is 0.266 e. The summed E-state index contributed by atoms with van der Waals surface area (Å²) in [6, 6.07) is 3.97. The Morgan fingerprint density at radius 2 is 1.78 bits per heavy atom. The second-order valence-corrected chi connectivity index (χ2v) is 9.89. The van der Waals surface area contributed by atoms with E-state index in [0.717, 1.165) is 35.7 Å². The molecule has 0 aliphatic heterocycles. The molecule has 6 nitrogen and oxygen atoms in total. The van der Waals surface area contributed by atoms with Crippen molar-refractivity contribution in [2.45, 2.75) is 69.1 Å². The molecule has 2 fully saturated rings. The summed E-state index contributed by atoms with van der Waals surface area (Å²) in [5.41, 5.74) is -3.08.